The van der Waals surface area contributed by atoms with E-state index in [4.69, 9.17) is 0 Å². The van der Waals surface area contributed by atoms with E-state index >= 15 is 0 Å². The molecule has 1 saturated heterocycles. The molecule has 1 aromatic rings. The largest absolute Gasteiger partial charge is 0.300 e. The predicted octanol–water partition coefficient (Wildman–Crippen LogP) is 0.570. The van der Waals surface area contributed by atoms with Crippen LogP contribution in [0.25, 0.3) is 0 Å². The number of rotatable bonds is 5. The zero-order valence-electron chi connectivity index (χ0n) is 12.2. The van der Waals surface area contributed by atoms with Gasteiger partial charge in [-0.2, -0.15) is 0 Å². The molecular formula is C12H22N4O2S2. The first kappa shape index (κ1) is 15.8. The van der Waals surface area contributed by atoms with Crippen molar-refractivity contribution < 1.29 is 8.42 Å². The van der Waals surface area contributed by atoms with Crippen LogP contribution < -0.4 is 0 Å². The normalized spacial score (nSPS) is 20.1. The van der Waals surface area contributed by atoms with Crippen molar-refractivity contribution in [1.82, 2.24) is 19.4 Å². The van der Waals surface area contributed by atoms with Crippen LogP contribution in [0.5, 0.6) is 0 Å². The highest BCUT2D eigenvalue weighted by Gasteiger charge is 2.24. The molecule has 0 aliphatic carbocycles. The first-order valence-corrected chi connectivity index (χ1v) is 9.63. The van der Waals surface area contributed by atoms with Crippen LogP contribution in [-0.4, -0.2) is 72.5 Å². The van der Waals surface area contributed by atoms with E-state index in [-0.39, 0.29) is 5.75 Å². The van der Waals surface area contributed by atoms with Gasteiger partial charge in [-0.05, 0) is 25.4 Å². The van der Waals surface area contributed by atoms with Gasteiger partial charge in [0.25, 0.3) is 0 Å². The molecule has 114 valence electrons. The minimum Gasteiger partial charge on any atom is -0.300 e. The molecule has 0 saturated carbocycles. The highest BCUT2D eigenvalue weighted by molar-refractivity contribution is 7.90. The molecule has 1 unspecified atom stereocenters. The zero-order chi connectivity index (χ0) is 14.8. The van der Waals surface area contributed by atoms with Gasteiger partial charge in [0, 0.05) is 45.0 Å². The van der Waals surface area contributed by atoms with Crippen molar-refractivity contribution in [2.24, 2.45) is 0 Å². The van der Waals surface area contributed by atoms with Crippen molar-refractivity contribution in [3.8, 4) is 0 Å². The Balaban J connectivity index is 1.84. The van der Waals surface area contributed by atoms with Gasteiger partial charge in [0.15, 0.2) is 0 Å². The maximum atomic E-state index is 11.2. The predicted molar refractivity (Wildman–Crippen MR) is 80.8 cm³/mol. The Morgan fingerprint density at radius 2 is 1.95 bits per heavy atom. The van der Waals surface area contributed by atoms with Crippen LogP contribution in [0, 0.1) is 6.92 Å². The van der Waals surface area contributed by atoms with Crippen LogP contribution >= 0.6 is 11.5 Å². The molecule has 8 heteroatoms. The van der Waals surface area contributed by atoms with Crippen LogP contribution in [0.2, 0.25) is 0 Å². The van der Waals surface area contributed by atoms with Gasteiger partial charge in [0.2, 0.25) is 0 Å². The number of nitrogens with zero attached hydrogens (tertiary/aromatic N) is 4. The second-order valence-electron chi connectivity index (χ2n) is 5.41. The molecule has 1 aromatic heterocycles. The lowest BCUT2D eigenvalue weighted by atomic mass is 10.2. The second kappa shape index (κ2) is 6.46. The van der Waals surface area contributed by atoms with Gasteiger partial charge in [0.1, 0.15) is 9.84 Å². The average molecular weight is 318 g/mol. The van der Waals surface area contributed by atoms with Crippen LogP contribution in [-0.2, 0) is 9.84 Å². The third-order valence-corrected chi connectivity index (χ3v) is 5.72. The number of aryl methyl sites for hydroxylation is 1. The minimum absolute atomic E-state index is 0.250. The summed E-state index contributed by atoms with van der Waals surface area (Å²) in [6, 6.07) is 0.340. The molecule has 1 aliphatic heterocycles. The number of hydrogen-bond donors (Lipinski definition) is 0. The summed E-state index contributed by atoms with van der Waals surface area (Å²) in [5, 5.41) is 4.07. The summed E-state index contributed by atoms with van der Waals surface area (Å²) in [5.74, 6) is 0.250. The number of aromatic nitrogens is 2. The monoisotopic (exact) mass is 318 g/mol. The Bertz CT molecular complexity index is 535. The first-order valence-electron chi connectivity index (χ1n) is 6.80. The number of piperazine rings is 1. The van der Waals surface area contributed by atoms with E-state index in [0.717, 1.165) is 31.9 Å². The quantitative estimate of drug-likeness (QED) is 0.791. The van der Waals surface area contributed by atoms with Gasteiger partial charge >= 0.3 is 0 Å². The summed E-state index contributed by atoms with van der Waals surface area (Å²) >= 11 is 1.47. The molecule has 1 fully saturated rings. The Kier molecular flexibility index (Phi) is 5.11. The van der Waals surface area contributed by atoms with Gasteiger partial charge in [-0.15, -0.1) is 5.10 Å². The van der Waals surface area contributed by atoms with Crippen molar-refractivity contribution in [2.45, 2.75) is 19.9 Å². The lowest BCUT2D eigenvalue weighted by molar-refractivity contribution is 0.107. The van der Waals surface area contributed by atoms with Gasteiger partial charge in [0.05, 0.1) is 16.3 Å². The van der Waals surface area contributed by atoms with Gasteiger partial charge in [-0.25, -0.2) is 8.42 Å². The number of sulfone groups is 1. The smallest absolute Gasteiger partial charge is 0.148 e. The van der Waals surface area contributed by atoms with Gasteiger partial charge in [-0.3, -0.25) is 9.80 Å². The summed E-state index contributed by atoms with van der Waals surface area (Å²) in [7, 11) is -2.86. The lowest BCUT2D eigenvalue weighted by Gasteiger charge is -2.37. The highest BCUT2D eigenvalue weighted by Crippen LogP contribution is 2.26. The molecule has 6 nitrogen and oxygen atoms in total. The van der Waals surface area contributed by atoms with Crippen molar-refractivity contribution >= 4 is 21.4 Å². The Labute approximate surface area is 124 Å². The fourth-order valence-electron chi connectivity index (χ4n) is 2.45. The maximum absolute atomic E-state index is 11.2. The standard InChI is InChI=1S/C12H22N4O2S2/c1-10-12(19-14-13-10)11(2)16-6-4-15(5-7-16)8-9-20(3,17)18/h11H,4-9H2,1-3H3. The zero-order valence-corrected chi connectivity index (χ0v) is 13.9. The molecule has 2 heterocycles. The highest BCUT2D eigenvalue weighted by atomic mass is 32.2. The van der Waals surface area contributed by atoms with Crippen LogP contribution in [0.4, 0.5) is 0 Å². The molecule has 0 bridgehead atoms. The second-order valence-corrected chi connectivity index (χ2v) is 8.45. The third-order valence-electron chi connectivity index (χ3n) is 3.80. The van der Waals surface area contributed by atoms with Crippen molar-refractivity contribution in [2.75, 3.05) is 44.7 Å². The molecule has 1 atom stereocenters. The third kappa shape index (κ3) is 4.21. The first-order chi connectivity index (χ1) is 9.37. The van der Waals surface area contributed by atoms with Crippen LogP contribution in [0.15, 0.2) is 0 Å². The molecule has 2 rings (SSSR count). The van der Waals surface area contributed by atoms with Crippen molar-refractivity contribution in [1.29, 1.82) is 0 Å². The fraction of sp³-hybridized carbons (Fsp3) is 0.833. The van der Waals surface area contributed by atoms with Crippen molar-refractivity contribution in [3.05, 3.63) is 10.6 Å². The molecular weight excluding hydrogens is 296 g/mol. The molecule has 20 heavy (non-hydrogen) atoms. The van der Waals surface area contributed by atoms with E-state index in [2.05, 4.69) is 26.3 Å². The van der Waals surface area contributed by atoms with E-state index in [0.29, 0.717) is 12.6 Å². The van der Waals surface area contributed by atoms with Gasteiger partial charge in [-0.1, -0.05) is 4.49 Å². The maximum Gasteiger partial charge on any atom is 0.148 e. The summed E-state index contributed by atoms with van der Waals surface area (Å²) in [4.78, 5) is 5.87. The Hall–Kier alpha value is -0.570. The SMILES string of the molecule is Cc1nnsc1C(C)N1CCN(CCS(C)(=O)=O)CC1. The molecule has 0 aromatic carbocycles. The van der Waals surface area contributed by atoms with Crippen LogP contribution in [0.1, 0.15) is 23.5 Å². The van der Waals surface area contributed by atoms with Crippen LogP contribution in [0.3, 0.4) is 0 Å². The Morgan fingerprint density at radius 1 is 1.30 bits per heavy atom. The fourth-order valence-corrected chi connectivity index (χ4v) is 3.77. The number of hydrogen-bond acceptors (Lipinski definition) is 7. The molecule has 0 N–H and O–H groups in total. The summed E-state index contributed by atoms with van der Waals surface area (Å²) < 4.78 is 26.4. The van der Waals surface area contributed by atoms with E-state index < -0.39 is 9.84 Å². The van der Waals surface area contributed by atoms with E-state index in [1.165, 1.54) is 22.7 Å². The average Bonchev–Trinajstić information content (AvgIpc) is 2.81. The van der Waals surface area contributed by atoms with Gasteiger partial charge < -0.3 is 0 Å². The topological polar surface area (TPSA) is 66.4 Å². The van der Waals surface area contributed by atoms with E-state index in [1.807, 2.05) is 6.92 Å². The lowest BCUT2D eigenvalue weighted by Crippen LogP contribution is -2.48. The molecule has 0 amide bonds. The minimum atomic E-state index is -2.86. The Morgan fingerprint density at radius 3 is 2.45 bits per heavy atom. The van der Waals surface area contributed by atoms with E-state index in [9.17, 15) is 8.42 Å². The van der Waals surface area contributed by atoms with Crippen molar-refractivity contribution in [3.63, 3.8) is 0 Å². The molecule has 0 spiro atoms. The molecule has 0 radical (unpaired) electrons. The summed E-state index contributed by atoms with van der Waals surface area (Å²) in [6.45, 7) is 8.59. The summed E-state index contributed by atoms with van der Waals surface area (Å²) in [6.07, 6.45) is 1.30. The molecule has 1 aliphatic rings. The summed E-state index contributed by atoms with van der Waals surface area (Å²) in [5.41, 5.74) is 1.02. The van der Waals surface area contributed by atoms with E-state index in [1.54, 1.807) is 0 Å².